The van der Waals surface area contributed by atoms with Gasteiger partial charge in [0.1, 0.15) is 0 Å². The van der Waals surface area contributed by atoms with Crippen molar-refractivity contribution in [3.8, 4) is 5.69 Å². The third-order valence-corrected chi connectivity index (χ3v) is 5.58. The van der Waals surface area contributed by atoms with Gasteiger partial charge in [-0.15, -0.1) is 0 Å². The number of aromatic nitrogens is 3. The Morgan fingerprint density at radius 2 is 1.91 bits per heavy atom. The van der Waals surface area contributed by atoms with Gasteiger partial charge in [-0.1, -0.05) is 35.3 Å². The molecule has 166 valence electrons. The number of rotatable bonds is 6. The fourth-order valence-electron chi connectivity index (χ4n) is 3.46. The standard InChI is InChI=1S/C22H20Cl2N4O4/c23-15-6-8-17(9-7-15)28-22(31)27(13-14-3-1-4-16(24)11-14)21(30)19(26-28)20(29)25-12-18-5-2-10-32-18/h1,3-4,6-9,11,18H,2,5,10,12-13H2,(H,25,29)/t18-/m0/s1. The van der Waals surface area contributed by atoms with Gasteiger partial charge in [-0.3, -0.25) is 14.2 Å². The zero-order valence-electron chi connectivity index (χ0n) is 17.0. The Balaban J connectivity index is 1.76. The van der Waals surface area contributed by atoms with Crippen molar-refractivity contribution >= 4 is 29.1 Å². The molecular weight excluding hydrogens is 455 g/mol. The maximum absolute atomic E-state index is 13.2. The van der Waals surface area contributed by atoms with E-state index in [1.165, 1.54) is 0 Å². The highest BCUT2D eigenvalue weighted by atomic mass is 35.5. The molecule has 32 heavy (non-hydrogen) atoms. The normalized spacial score (nSPS) is 15.6. The van der Waals surface area contributed by atoms with Crippen LogP contribution < -0.4 is 16.6 Å². The number of benzene rings is 2. The lowest BCUT2D eigenvalue weighted by Gasteiger charge is -2.14. The summed E-state index contributed by atoms with van der Waals surface area (Å²) in [7, 11) is 0. The molecule has 1 aliphatic heterocycles. The molecule has 1 fully saturated rings. The Morgan fingerprint density at radius 1 is 1.12 bits per heavy atom. The van der Waals surface area contributed by atoms with Crippen LogP contribution in [0.25, 0.3) is 5.69 Å². The Hall–Kier alpha value is -2.94. The summed E-state index contributed by atoms with van der Waals surface area (Å²) in [6, 6.07) is 13.1. The van der Waals surface area contributed by atoms with Gasteiger partial charge in [0.15, 0.2) is 0 Å². The molecule has 8 nitrogen and oxygen atoms in total. The molecule has 1 aromatic heterocycles. The number of nitrogens with zero attached hydrogens (tertiary/aromatic N) is 3. The van der Waals surface area contributed by atoms with E-state index >= 15 is 0 Å². The summed E-state index contributed by atoms with van der Waals surface area (Å²) in [5, 5.41) is 7.72. The second kappa shape index (κ2) is 9.68. The summed E-state index contributed by atoms with van der Waals surface area (Å²) in [4.78, 5) is 39.1. The maximum Gasteiger partial charge on any atom is 0.352 e. The van der Waals surface area contributed by atoms with Crippen LogP contribution in [0.15, 0.2) is 58.1 Å². The minimum absolute atomic E-state index is 0.0691. The van der Waals surface area contributed by atoms with Crippen molar-refractivity contribution in [3.05, 3.63) is 90.7 Å². The lowest BCUT2D eigenvalue weighted by atomic mass is 10.2. The van der Waals surface area contributed by atoms with Crippen molar-refractivity contribution in [1.29, 1.82) is 0 Å². The van der Waals surface area contributed by atoms with E-state index < -0.39 is 17.2 Å². The van der Waals surface area contributed by atoms with Crippen LogP contribution in [0.1, 0.15) is 28.9 Å². The summed E-state index contributed by atoms with van der Waals surface area (Å²) in [5.41, 5.74) is -0.860. The maximum atomic E-state index is 13.2. The van der Waals surface area contributed by atoms with Crippen molar-refractivity contribution in [2.24, 2.45) is 0 Å². The highest BCUT2D eigenvalue weighted by molar-refractivity contribution is 6.30. The van der Waals surface area contributed by atoms with Crippen LogP contribution in [-0.4, -0.2) is 39.5 Å². The van der Waals surface area contributed by atoms with E-state index in [1.54, 1.807) is 48.5 Å². The summed E-state index contributed by atoms with van der Waals surface area (Å²) in [6.45, 7) is 0.835. The second-order valence-electron chi connectivity index (χ2n) is 7.39. The highest BCUT2D eigenvalue weighted by Gasteiger charge is 2.22. The van der Waals surface area contributed by atoms with E-state index in [2.05, 4.69) is 10.4 Å². The molecule has 3 aromatic rings. The fraction of sp³-hybridized carbons (Fsp3) is 0.273. The van der Waals surface area contributed by atoms with Gasteiger partial charge in [-0.05, 0) is 54.8 Å². The first-order valence-corrected chi connectivity index (χ1v) is 10.8. The molecule has 0 spiro atoms. The largest absolute Gasteiger partial charge is 0.376 e. The monoisotopic (exact) mass is 474 g/mol. The Kier molecular flexibility index (Phi) is 6.74. The van der Waals surface area contributed by atoms with Crippen LogP contribution in [0.5, 0.6) is 0 Å². The molecule has 1 aliphatic rings. The van der Waals surface area contributed by atoms with Crippen LogP contribution in [0.3, 0.4) is 0 Å². The molecule has 2 aromatic carbocycles. The highest BCUT2D eigenvalue weighted by Crippen LogP contribution is 2.13. The smallest absolute Gasteiger partial charge is 0.352 e. The molecule has 0 aliphatic carbocycles. The fourth-order valence-corrected chi connectivity index (χ4v) is 3.80. The van der Waals surface area contributed by atoms with Gasteiger partial charge in [0.05, 0.1) is 18.3 Å². The van der Waals surface area contributed by atoms with Crippen molar-refractivity contribution < 1.29 is 9.53 Å². The molecule has 0 radical (unpaired) electrons. The van der Waals surface area contributed by atoms with Gasteiger partial charge in [0.25, 0.3) is 11.5 Å². The van der Waals surface area contributed by atoms with Crippen LogP contribution in [0, 0.1) is 0 Å². The van der Waals surface area contributed by atoms with Crippen LogP contribution in [0.4, 0.5) is 0 Å². The quantitative estimate of drug-likeness (QED) is 0.592. The van der Waals surface area contributed by atoms with Gasteiger partial charge in [-0.25, -0.2) is 4.79 Å². The van der Waals surface area contributed by atoms with Crippen LogP contribution in [-0.2, 0) is 11.3 Å². The summed E-state index contributed by atoms with van der Waals surface area (Å²) >= 11 is 12.0. The molecule has 2 heterocycles. The van der Waals surface area contributed by atoms with E-state index in [0.29, 0.717) is 27.9 Å². The molecule has 10 heteroatoms. The average Bonchev–Trinajstić information content (AvgIpc) is 3.30. The van der Waals surface area contributed by atoms with Crippen molar-refractivity contribution in [2.45, 2.75) is 25.5 Å². The van der Waals surface area contributed by atoms with Crippen LogP contribution in [0.2, 0.25) is 10.0 Å². The number of carbonyl (C=O) groups is 1. The number of nitrogens with one attached hydrogen (secondary N) is 1. The Labute approximate surface area is 193 Å². The van der Waals surface area contributed by atoms with Gasteiger partial charge in [-0.2, -0.15) is 9.78 Å². The second-order valence-corrected chi connectivity index (χ2v) is 8.26. The number of hydrogen-bond donors (Lipinski definition) is 1. The number of amides is 1. The Morgan fingerprint density at radius 3 is 2.59 bits per heavy atom. The predicted octanol–water partition coefficient (Wildman–Crippen LogP) is 2.66. The third-order valence-electron chi connectivity index (χ3n) is 5.09. The Bertz CT molecular complexity index is 1250. The number of ether oxygens (including phenoxy) is 1. The molecular formula is C22H20Cl2N4O4. The molecule has 0 unspecified atom stereocenters. The first kappa shape index (κ1) is 22.3. The molecule has 1 amide bonds. The first-order valence-electron chi connectivity index (χ1n) is 10.1. The number of carbonyl (C=O) groups excluding carboxylic acids is 1. The van der Waals surface area contributed by atoms with Gasteiger partial charge in [0, 0.05) is 23.2 Å². The number of halogens is 2. The van der Waals surface area contributed by atoms with E-state index in [1.807, 2.05) is 0 Å². The average molecular weight is 475 g/mol. The van der Waals surface area contributed by atoms with Crippen LogP contribution >= 0.6 is 23.2 Å². The summed E-state index contributed by atoms with van der Waals surface area (Å²) in [5.74, 6) is -0.673. The summed E-state index contributed by atoms with van der Waals surface area (Å²) in [6.07, 6.45) is 1.65. The van der Waals surface area contributed by atoms with Gasteiger partial charge < -0.3 is 10.1 Å². The molecule has 1 saturated heterocycles. The third kappa shape index (κ3) is 4.93. The molecule has 1 N–H and O–H groups in total. The van der Waals surface area contributed by atoms with Gasteiger partial charge in [0.2, 0.25) is 5.69 Å². The molecule has 1 atom stereocenters. The van der Waals surface area contributed by atoms with E-state index in [9.17, 15) is 14.4 Å². The first-order chi connectivity index (χ1) is 15.4. The van der Waals surface area contributed by atoms with E-state index in [0.717, 1.165) is 22.1 Å². The van der Waals surface area contributed by atoms with Gasteiger partial charge >= 0.3 is 5.69 Å². The minimum atomic E-state index is -0.787. The zero-order valence-corrected chi connectivity index (χ0v) is 18.5. The predicted molar refractivity (Wildman–Crippen MR) is 121 cm³/mol. The van der Waals surface area contributed by atoms with Crippen molar-refractivity contribution in [1.82, 2.24) is 19.7 Å². The van der Waals surface area contributed by atoms with Crippen molar-refractivity contribution in [2.75, 3.05) is 13.2 Å². The van der Waals surface area contributed by atoms with E-state index in [4.69, 9.17) is 27.9 Å². The molecule has 4 rings (SSSR count). The minimum Gasteiger partial charge on any atom is -0.376 e. The molecule has 0 bridgehead atoms. The lowest BCUT2D eigenvalue weighted by Crippen LogP contribution is -2.46. The molecule has 0 saturated carbocycles. The topological polar surface area (TPSA) is 95.2 Å². The van der Waals surface area contributed by atoms with Crippen molar-refractivity contribution in [3.63, 3.8) is 0 Å². The summed E-state index contributed by atoms with van der Waals surface area (Å²) < 4.78 is 7.49. The lowest BCUT2D eigenvalue weighted by molar-refractivity contribution is 0.0849. The zero-order chi connectivity index (χ0) is 22.7. The SMILES string of the molecule is O=C(NC[C@@H]1CCCO1)c1nn(-c2ccc(Cl)cc2)c(=O)n(Cc2cccc(Cl)c2)c1=O. The van der Waals surface area contributed by atoms with E-state index in [-0.39, 0.29) is 24.9 Å². The number of hydrogen-bond acceptors (Lipinski definition) is 5.